The maximum absolute atomic E-state index is 12.9. The van der Waals surface area contributed by atoms with Crippen LogP contribution in [0.15, 0.2) is 29.4 Å². The number of carbonyl (C=O) groups is 2. The van der Waals surface area contributed by atoms with Crippen molar-refractivity contribution in [2.75, 3.05) is 13.1 Å². The molecule has 1 atom stereocenters. The van der Waals surface area contributed by atoms with E-state index in [1.165, 1.54) is 17.1 Å². The predicted octanol–water partition coefficient (Wildman–Crippen LogP) is 3.20. The quantitative estimate of drug-likeness (QED) is 0.789. The molecule has 8 heteroatoms. The SMILES string of the molecule is CCC(=O)N1CCC(C(=O)N2N=CCC2c2ccc(OC(F)F)cc2)CC1. The molecular weight excluding hydrogens is 356 g/mol. The molecule has 0 bridgehead atoms. The second kappa shape index (κ2) is 8.45. The summed E-state index contributed by atoms with van der Waals surface area (Å²) < 4.78 is 28.9. The van der Waals surface area contributed by atoms with Crippen LogP contribution in [0.2, 0.25) is 0 Å². The maximum atomic E-state index is 12.9. The van der Waals surface area contributed by atoms with Crippen molar-refractivity contribution in [3.8, 4) is 5.75 Å². The van der Waals surface area contributed by atoms with Gasteiger partial charge in [-0.15, -0.1) is 0 Å². The topological polar surface area (TPSA) is 62.2 Å². The zero-order valence-electron chi connectivity index (χ0n) is 15.2. The van der Waals surface area contributed by atoms with E-state index in [2.05, 4.69) is 9.84 Å². The van der Waals surface area contributed by atoms with Crippen LogP contribution in [0.1, 0.15) is 44.2 Å². The highest BCUT2D eigenvalue weighted by atomic mass is 19.3. The van der Waals surface area contributed by atoms with Crippen molar-refractivity contribution < 1.29 is 23.1 Å². The lowest BCUT2D eigenvalue weighted by molar-refractivity contribution is -0.142. The van der Waals surface area contributed by atoms with E-state index in [1.54, 1.807) is 23.2 Å². The van der Waals surface area contributed by atoms with Crippen LogP contribution in [0.5, 0.6) is 5.75 Å². The van der Waals surface area contributed by atoms with Crippen molar-refractivity contribution in [2.45, 2.75) is 45.3 Å². The zero-order chi connectivity index (χ0) is 19.4. The Kier molecular flexibility index (Phi) is 6.03. The van der Waals surface area contributed by atoms with Crippen LogP contribution in [-0.4, -0.2) is 47.6 Å². The Morgan fingerprint density at radius 3 is 2.48 bits per heavy atom. The lowest BCUT2D eigenvalue weighted by Gasteiger charge is -2.33. The minimum absolute atomic E-state index is 0.0507. The molecule has 146 valence electrons. The molecule has 6 nitrogen and oxygen atoms in total. The number of ether oxygens (including phenoxy) is 1. The molecule has 1 fully saturated rings. The van der Waals surface area contributed by atoms with E-state index in [0.717, 1.165) is 5.56 Å². The van der Waals surface area contributed by atoms with E-state index in [4.69, 9.17) is 0 Å². The van der Waals surface area contributed by atoms with Crippen molar-refractivity contribution in [3.63, 3.8) is 0 Å². The Hall–Kier alpha value is -2.51. The van der Waals surface area contributed by atoms with E-state index < -0.39 is 6.61 Å². The molecule has 1 saturated heterocycles. The van der Waals surface area contributed by atoms with Crippen LogP contribution < -0.4 is 4.74 Å². The van der Waals surface area contributed by atoms with Crippen LogP contribution in [0, 0.1) is 5.92 Å². The Bertz CT molecular complexity index is 701. The molecule has 0 spiro atoms. The van der Waals surface area contributed by atoms with Gasteiger partial charge in [-0.25, -0.2) is 5.01 Å². The number of hydrogen-bond acceptors (Lipinski definition) is 4. The highest BCUT2D eigenvalue weighted by molar-refractivity contribution is 5.82. The van der Waals surface area contributed by atoms with Gasteiger partial charge in [0.05, 0.1) is 6.04 Å². The summed E-state index contributed by atoms with van der Waals surface area (Å²) in [5.41, 5.74) is 0.820. The first-order chi connectivity index (χ1) is 13.0. The number of hydrazone groups is 1. The fourth-order valence-corrected chi connectivity index (χ4v) is 3.56. The Labute approximate surface area is 156 Å². The normalized spacial score (nSPS) is 20.4. The molecule has 0 saturated carbocycles. The molecule has 1 aromatic carbocycles. The number of benzene rings is 1. The van der Waals surface area contributed by atoms with Crippen molar-refractivity contribution in [1.82, 2.24) is 9.91 Å². The molecule has 0 N–H and O–H groups in total. The lowest BCUT2D eigenvalue weighted by Crippen LogP contribution is -2.43. The van der Waals surface area contributed by atoms with Crippen LogP contribution in [0.3, 0.4) is 0 Å². The molecule has 0 aliphatic carbocycles. The molecule has 0 radical (unpaired) electrons. The number of rotatable bonds is 5. The molecule has 2 heterocycles. The summed E-state index contributed by atoms with van der Waals surface area (Å²) in [7, 11) is 0. The van der Waals surface area contributed by atoms with Crippen molar-refractivity contribution >= 4 is 18.0 Å². The van der Waals surface area contributed by atoms with E-state index in [1.807, 2.05) is 6.92 Å². The third-order valence-electron chi connectivity index (χ3n) is 5.05. The van der Waals surface area contributed by atoms with Gasteiger partial charge in [0.2, 0.25) is 11.8 Å². The maximum Gasteiger partial charge on any atom is 0.387 e. The van der Waals surface area contributed by atoms with E-state index >= 15 is 0 Å². The van der Waals surface area contributed by atoms with Gasteiger partial charge in [0.1, 0.15) is 5.75 Å². The summed E-state index contributed by atoms with van der Waals surface area (Å²) >= 11 is 0. The number of halogens is 2. The van der Waals surface area contributed by atoms with Crippen molar-refractivity contribution in [2.24, 2.45) is 11.0 Å². The first kappa shape index (κ1) is 19.3. The van der Waals surface area contributed by atoms with Gasteiger partial charge in [-0.3, -0.25) is 9.59 Å². The Morgan fingerprint density at radius 2 is 1.89 bits per heavy atom. The molecular formula is C19H23F2N3O3. The molecule has 3 rings (SSSR count). The number of amides is 2. The number of piperidine rings is 1. The minimum atomic E-state index is -2.87. The molecule has 2 aliphatic heterocycles. The van der Waals surface area contributed by atoms with Gasteiger partial charge in [0.25, 0.3) is 0 Å². The highest BCUT2D eigenvalue weighted by Crippen LogP contribution is 2.32. The fraction of sp³-hybridized carbons (Fsp3) is 0.526. The Balaban J connectivity index is 1.63. The Morgan fingerprint density at radius 1 is 1.22 bits per heavy atom. The molecule has 1 aromatic rings. The predicted molar refractivity (Wildman–Crippen MR) is 95.4 cm³/mol. The first-order valence-corrected chi connectivity index (χ1v) is 9.17. The summed E-state index contributed by atoms with van der Waals surface area (Å²) in [6.45, 7) is 0.144. The van der Waals surface area contributed by atoms with Gasteiger partial charge in [-0.1, -0.05) is 19.1 Å². The summed E-state index contributed by atoms with van der Waals surface area (Å²) in [6, 6.07) is 6.06. The summed E-state index contributed by atoms with van der Waals surface area (Å²) in [6.07, 6.45) is 4.01. The van der Waals surface area contributed by atoms with Crippen LogP contribution in [0.25, 0.3) is 0 Å². The van der Waals surface area contributed by atoms with Crippen molar-refractivity contribution in [1.29, 1.82) is 0 Å². The van der Waals surface area contributed by atoms with Crippen LogP contribution >= 0.6 is 0 Å². The van der Waals surface area contributed by atoms with Crippen LogP contribution in [0.4, 0.5) is 8.78 Å². The van der Waals surface area contributed by atoms with Gasteiger partial charge in [-0.05, 0) is 30.5 Å². The zero-order valence-corrected chi connectivity index (χ0v) is 15.2. The molecule has 27 heavy (non-hydrogen) atoms. The molecule has 2 aliphatic rings. The number of carbonyl (C=O) groups excluding carboxylic acids is 2. The average Bonchev–Trinajstić information content (AvgIpc) is 3.17. The van der Waals surface area contributed by atoms with Gasteiger partial charge in [-0.2, -0.15) is 13.9 Å². The minimum Gasteiger partial charge on any atom is -0.435 e. The third kappa shape index (κ3) is 4.43. The first-order valence-electron chi connectivity index (χ1n) is 9.17. The second-order valence-electron chi connectivity index (χ2n) is 6.69. The lowest BCUT2D eigenvalue weighted by atomic mass is 9.94. The fourth-order valence-electron chi connectivity index (χ4n) is 3.56. The van der Waals surface area contributed by atoms with E-state index in [-0.39, 0.29) is 29.5 Å². The number of likely N-dealkylation sites (tertiary alicyclic amines) is 1. The second-order valence-corrected chi connectivity index (χ2v) is 6.69. The standard InChI is InChI=1S/C19H23F2N3O3/c1-2-17(25)23-11-8-14(9-12-23)18(26)24-16(7-10-22-24)13-3-5-15(6-4-13)27-19(20)21/h3-6,10,14,16,19H,2,7-9,11-12H2,1H3. The summed E-state index contributed by atoms with van der Waals surface area (Å²) in [5, 5.41) is 5.73. The number of nitrogens with zero attached hydrogens (tertiary/aromatic N) is 3. The van der Waals surface area contributed by atoms with Gasteiger partial charge in [0.15, 0.2) is 0 Å². The highest BCUT2D eigenvalue weighted by Gasteiger charge is 2.35. The largest absolute Gasteiger partial charge is 0.435 e. The third-order valence-corrected chi connectivity index (χ3v) is 5.05. The number of alkyl halides is 2. The van der Waals surface area contributed by atoms with E-state index in [9.17, 15) is 18.4 Å². The van der Waals surface area contributed by atoms with Crippen molar-refractivity contribution in [3.05, 3.63) is 29.8 Å². The summed E-state index contributed by atoms with van der Waals surface area (Å²) in [4.78, 5) is 26.5. The van der Waals surface area contributed by atoms with Gasteiger partial charge in [0, 0.05) is 38.1 Å². The smallest absolute Gasteiger partial charge is 0.387 e. The summed E-state index contributed by atoms with van der Waals surface area (Å²) in [5.74, 6) is -0.0158. The van der Waals surface area contributed by atoms with Crippen LogP contribution in [-0.2, 0) is 9.59 Å². The molecule has 1 unspecified atom stereocenters. The van der Waals surface area contributed by atoms with Gasteiger partial charge < -0.3 is 9.64 Å². The molecule has 2 amide bonds. The van der Waals surface area contributed by atoms with Gasteiger partial charge >= 0.3 is 6.61 Å². The molecule has 0 aromatic heterocycles. The average molecular weight is 379 g/mol. The van der Waals surface area contributed by atoms with E-state index in [0.29, 0.717) is 38.8 Å². The number of hydrogen-bond donors (Lipinski definition) is 0. The monoisotopic (exact) mass is 379 g/mol.